The predicted octanol–water partition coefficient (Wildman–Crippen LogP) is 2.49. The van der Waals surface area contributed by atoms with Gasteiger partial charge in [-0.3, -0.25) is 4.79 Å². The van der Waals surface area contributed by atoms with Crippen molar-refractivity contribution in [2.45, 2.75) is 27.2 Å². The molecule has 0 aromatic heterocycles. The van der Waals surface area contributed by atoms with Crippen molar-refractivity contribution >= 4 is 5.78 Å². The van der Waals surface area contributed by atoms with E-state index in [0.29, 0.717) is 5.92 Å². The van der Waals surface area contributed by atoms with Crippen molar-refractivity contribution in [1.82, 2.24) is 0 Å². The van der Waals surface area contributed by atoms with Crippen LogP contribution in [-0.4, -0.2) is 5.78 Å². The third kappa shape index (κ3) is 2.04. The summed E-state index contributed by atoms with van der Waals surface area (Å²) in [7, 11) is 0. The van der Waals surface area contributed by atoms with Crippen LogP contribution >= 0.6 is 0 Å². The SMILES string of the molecule is CC(=O)C1=CC(C)CC(C)=C1. The number of Topliss-reactive ketones (excluding diaryl/α,β-unsaturated/α-hetero) is 1. The van der Waals surface area contributed by atoms with Gasteiger partial charge in [-0.2, -0.15) is 0 Å². The van der Waals surface area contributed by atoms with Gasteiger partial charge in [0.1, 0.15) is 0 Å². The van der Waals surface area contributed by atoms with E-state index in [1.807, 2.05) is 6.08 Å². The van der Waals surface area contributed by atoms with Crippen LogP contribution in [0.3, 0.4) is 0 Å². The minimum absolute atomic E-state index is 0.177. The van der Waals surface area contributed by atoms with Gasteiger partial charge in [0.25, 0.3) is 0 Å². The Balaban J connectivity index is 2.87. The van der Waals surface area contributed by atoms with Crippen molar-refractivity contribution in [2.24, 2.45) is 5.92 Å². The van der Waals surface area contributed by atoms with Crippen LogP contribution in [0.4, 0.5) is 0 Å². The van der Waals surface area contributed by atoms with Gasteiger partial charge in [-0.15, -0.1) is 0 Å². The van der Waals surface area contributed by atoms with Crippen LogP contribution in [0, 0.1) is 5.92 Å². The Kier molecular flexibility index (Phi) is 2.28. The maximum absolute atomic E-state index is 11.0. The fourth-order valence-electron chi connectivity index (χ4n) is 1.46. The number of hydrogen-bond donors (Lipinski definition) is 0. The van der Waals surface area contributed by atoms with Crippen LogP contribution < -0.4 is 0 Å². The molecule has 1 aliphatic rings. The van der Waals surface area contributed by atoms with Crippen LogP contribution in [0.2, 0.25) is 0 Å². The van der Waals surface area contributed by atoms with Crippen molar-refractivity contribution in [3.05, 3.63) is 23.3 Å². The van der Waals surface area contributed by atoms with Crippen molar-refractivity contribution in [2.75, 3.05) is 0 Å². The maximum atomic E-state index is 11.0. The summed E-state index contributed by atoms with van der Waals surface area (Å²) in [5.41, 5.74) is 2.19. The second kappa shape index (κ2) is 3.04. The highest BCUT2D eigenvalue weighted by atomic mass is 16.1. The van der Waals surface area contributed by atoms with Gasteiger partial charge in [0.15, 0.2) is 5.78 Å². The van der Waals surface area contributed by atoms with Crippen molar-refractivity contribution in [3.63, 3.8) is 0 Å². The van der Waals surface area contributed by atoms with Gasteiger partial charge in [0, 0.05) is 5.57 Å². The summed E-state index contributed by atoms with van der Waals surface area (Å²) >= 11 is 0. The smallest absolute Gasteiger partial charge is 0.159 e. The Bertz CT molecular complexity index is 233. The summed E-state index contributed by atoms with van der Waals surface area (Å²) in [4.78, 5) is 11.0. The number of ketones is 1. The Morgan fingerprint density at radius 2 is 2.27 bits per heavy atom. The zero-order valence-corrected chi connectivity index (χ0v) is 7.35. The molecule has 60 valence electrons. The molecule has 1 heteroatoms. The molecule has 0 amide bonds. The summed E-state index contributed by atoms with van der Waals surface area (Å²) in [6.45, 7) is 5.83. The van der Waals surface area contributed by atoms with Crippen molar-refractivity contribution < 1.29 is 4.79 Å². The molecule has 0 saturated heterocycles. The van der Waals surface area contributed by atoms with Crippen LogP contribution in [0.5, 0.6) is 0 Å². The molecule has 0 fully saturated rings. The molecule has 1 nitrogen and oxygen atoms in total. The predicted molar refractivity (Wildman–Crippen MR) is 46.3 cm³/mol. The van der Waals surface area contributed by atoms with Gasteiger partial charge in [-0.25, -0.2) is 0 Å². The topological polar surface area (TPSA) is 17.1 Å². The molecule has 1 aliphatic carbocycles. The lowest BCUT2D eigenvalue weighted by molar-refractivity contribution is -0.113. The van der Waals surface area contributed by atoms with Crippen LogP contribution in [-0.2, 0) is 4.79 Å². The van der Waals surface area contributed by atoms with Gasteiger partial charge in [0.2, 0.25) is 0 Å². The first-order valence-electron chi connectivity index (χ1n) is 3.99. The molecule has 0 saturated carbocycles. The van der Waals surface area contributed by atoms with Crippen molar-refractivity contribution in [3.8, 4) is 0 Å². The molecule has 0 N–H and O–H groups in total. The zero-order valence-electron chi connectivity index (χ0n) is 7.35. The Morgan fingerprint density at radius 3 is 2.73 bits per heavy atom. The normalized spacial score (nSPS) is 24.1. The molecule has 11 heavy (non-hydrogen) atoms. The lowest BCUT2D eigenvalue weighted by Crippen LogP contribution is -2.04. The Morgan fingerprint density at radius 1 is 1.64 bits per heavy atom. The average molecular weight is 150 g/mol. The molecule has 0 radical (unpaired) electrons. The summed E-state index contributed by atoms with van der Waals surface area (Å²) < 4.78 is 0. The summed E-state index contributed by atoms with van der Waals surface area (Å²) in [6, 6.07) is 0. The van der Waals surface area contributed by atoms with E-state index in [1.165, 1.54) is 5.57 Å². The monoisotopic (exact) mass is 150 g/mol. The lowest BCUT2D eigenvalue weighted by atomic mass is 9.91. The van der Waals surface area contributed by atoms with E-state index in [9.17, 15) is 4.79 Å². The Hall–Kier alpha value is -0.850. The molecular formula is C10H14O. The largest absolute Gasteiger partial charge is 0.295 e. The molecule has 1 rings (SSSR count). The van der Waals surface area contributed by atoms with Crippen molar-refractivity contribution in [1.29, 1.82) is 0 Å². The van der Waals surface area contributed by atoms with Gasteiger partial charge in [-0.1, -0.05) is 24.6 Å². The van der Waals surface area contributed by atoms with Crippen LogP contribution in [0.15, 0.2) is 23.3 Å². The second-order valence-electron chi connectivity index (χ2n) is 3.35. The molecule has 1 unspecified atom stereocenters. The maximum Gasteiger partial charge on any atom is 0.159 e. The molecule has 0 bridgehead atoms. The second-order valence-corrected chi connectivity index (χ2v) is 3.35. The number of hydrogen-bond acceptors (Lipinski definition) is 1. The number of rotatable bonds is 1. The average Bonchev–Trinajstić information content (AvgIpc) is 1.85. The fraction of sp³-hybridized carbons (Fsp3) is 0.500. The van der Waals surface area contributed by atoms with E-state index >= 15 is 0 Å². The summed E-state index contributed by atoms with van der Waals surface area (Å²) in [6.07, 6.45) is 5.13. The van der Waals surface area contributed by atoms with E-state index in [4.69, 9.17) is 0 Å². The minimum Gasteiger partial charge on any atom is -0.295 e. The first kappa shape index (κ1) is 8.25. The van der Waals surface area contributed by atoms with E-state index in [2.05, 4.69) is 19.9 Å². The third-order valence-corrected chi connectivity index (χ3v) is 1.92. The zero-order chi connectivity index (χ0) is 8.43. The number of carbonyl (C=O) groups is 1. The first-order valence-corrected chi connectivity index (χ1v) is 3.99. The molecule has 0 aliphatic heterocycles. The highest BCUT2D eigenvalue weighted by molar-refractivity contribution is 5.96. The van der Waals surface area contributed by atoms with Gasteiger partial charge < -0.3 is 0 Å². The summed E-state index contributed by atoms with van der Waals surface area (Å²) in [5.74, 6) is 0.704. The third-order valence-electron chi connectivity index (χ3n) is 1.92. The molecule has 0 spiro atoms. The molecule has 0 aromatic rings. The highest BCUT2D eigenvalue weighted by Crippen LogP contribution is 2.21. The van der Waals surface area contributed by atoms with Gasteiger partial charge >= 0.3 is 0 Å². The fourth-order valence-corrected chi connectivity index (χ4v) is 1.46. The molecule has 0 heterocycles. The van der Waals surface area contributed by atoms with Gasteiger partial charge in [-0.05, 0) is 26.2 Å². The Labute approximate surface area is 67.8 Å². The van der Waals surface area contributed by atoms with E-state index in [1.54, 1.807) is 6.92 Å². The lowest BCUT2D eigenvalue weighted by Gasteiger charge is -2.14. The van der Waals surface area contributed by atoms with E-state index < -0.39 is 0 Å². The van der Waals surface area contributed by atoms with E-state index in [-0.39, 0.29) is 5.78 Å². The van der Waals surface area contributed by atoms with E-state index in [0.717, 1.165) is 12.0 Å². The molecule has 1 atom stereocenters. The highest BCUT2D eigenvalue weighted by Gasteiger charge is 2.10. The van der Waals surface area contributed by atoms with Gasteiger partial charge in [0.05, 0.1) is 0 Å². The van der Waals surface area contributed by atoms with Crippen LogP contribution in [0.25, 0.3) is 0 Å². The van der Waals surface area contributed by atoms with Crippen LogP contribution in [0.1, 0.15) is 27.2 Å². The first-order chi connectivity index (χ1) is 5.09. The minimum atomic E-state index is 0.177. The molecule has 0 aromatic carbocycles. The number of carbonyl (C=O) groups excluding carboxylic acids is 1. The number of allylic oxidation sites excluding steroid dienone is 4. The quantitative estimate of drug-likeness (QED) is 0.561. The molecular weight excluding hydrogens is 136 g/mol. The summed E-state index contributed by atoms with van der Waals surface area (Å²) in [5, 5.41) is 0. The standard InChI is InChI=1S/C10H14O/c1-7-4-8(2)6-10(5-7)9(3)11/h5-7H,4H2,1-3H3.